The molecule has 132 valence electrons. The number of nitrogens with zero attached hydrogens (tertiary/aromatic N) is 3. The molecule has 1 heterocycles. The van der Waals surface area contributed by atoms with E-state index in [0.29, 0.717) is 24.4 Å². The molecule has 0 fully saturated rings. The summed E-state index contributed by atoms with van der Waals surface area (Å²) in [5.74, 6) is 3.55. The molecule has 0 aliphatic rings. The van der Waals surface area contributed by atoms with Gasteiger partial charge in [-0.1, -0.05) is 25.1 Å². The molecule has 0 radical (unpaired) electrons. The van der Waals surface area contributed by atoms with Crippen LogP contribution in [0.15, 0.2) is 30.3 Å². The highest BCUT2D eigenvalue weighted by Crippen LogP contribution is 2.10. The third kappa shape index (κ3) is 6.04. The van der Waals surface area contributed by atoms with Gasteiger partial charge in [0.15, 0.2) is 5.69 Å². The average Bonchev–Trinajstić information content (AvgIpc) is 3.00. The highest BCUT2D eigenvalue weighted by molar-refractivity contribution is 7.80. The van der Waals surface area contributed by atoms with E-state index in [1.807, 2.05) is 37.3 Å². The summed E-state index contributed by atoms with van der Waals surface area (Å²) in [5, 5.41) is 8.51. The van der Waals surface area contributed by atoms with Gasteiger partial charge in [-0.15, -0.1) is 5.10 Å². The number of benzene rings is 1. The van der Waals surface area contributed by atoms with E-state index in [9.17, 15) is 13.2 Å². The Hall–Kier alpha value is -2.34. The van der Waals surface area contributed by atoms with Gasteiger partial charge < -0.3 is 4.74 Å². The van der Waals surface area contributed by atoms with Crippen molar-refractivity contribution >= 4 is 16.4 Å². The highest BCUT2D eigenvalue weighted by Gasteiger charge is 2.18. The van der Waals surface area contributed by atoms with Crippen molar-refractivity contribution in [2.24, 2.45) is 5.90 Å². The summed E-state index contributed by atoms with van der Waals surface area (Å²) < 4.78 is 33.8. The molecule has 10 nitrogen and oxygen atoms in total. The van der Waals surface area contributed by atoms with Crippen molar-refractivity contribution in [1.82, 2.24) is 15.0 Å². The van der Waals surface area contributed by atoms with Crippen LogP contribution in [-0.2, 0) is 25.8 Å². The second-order valence-corrected chi connectivity index (χ2v) is 5.27. The normalized spacial score (nSPS) is 10.7. The molecule has 0 atom stereocenters. The molecular formula is C13H18N4O6S. The summed E-state index contributed by atoms with van der Waals surface area (Å²) in [5.41, 5.74) is 1.77. The van der Waals surface area contributed by atoms with Gasteiger partial charge in [-0.05, 0) is 25.5 Å². The number of rotatable bonds is 5. The van der Waals surface area contributed by atoms with Crippen molar-refractivity contribution in [3.63, 3.8) is 0 Å². The lowest BCUT2D eigenvalue weighted by atomic mass is 10.3. The second kappa shape index (κ2) is 9.08. The quantitative estimate of drug-likeness (QED) is 0.447. The number of aryl methyl sites for hydroxylation is 1. The Morgan fingerprint density at radius 3 is 2.29 bits per heavy atom. The lowest BCUT2D eigenvalue weighted by molar-refractivity contribution is 0.0517. The van der Waals surface area contributed by atoms with Crippen molar-refractivity contribution < 1.29 is 26.8 Å². The Bertz CT molecular complexity index is 760. The summed E-state index contributed by atoms with van der Waals surface area (Å²) in [6.07, 6.45) is 0.640. The van der Waals surface area contributed by atoms with Crippen LogP contribution in [-0.4, -0.2) is 40.5 Å². The van der Waals surface area contributed by atoms with Crippen molar-refractivity contribution in [2.45, 2.75) is 20.3 Å². The summed E-state index contributed by atoms with van der Waals surface area (Å²) >= 11 is 0. The Labute approximate surface area is 139 Å². The third-order valence-electron chi connectivity index (χ3n) is 2.60. The first-order valence-electron chi connectivity index (χ1n) is 6.86. The van der Waals surface area contributed by atoms with Gasteiger partial charge in [-0.3, -0.25) is 4.55 Å². The topological polar surface area (TPSA) is 147 Å². The van der Waals surface area contributed by atoms with Crippen molar-refractivity contribution in [1.29, 1.82) is 0 Å². The van der Waals surface area contributed by atoms with E-state index < -0.39 is 16.4 Å². The van der Waals surface area contributed by atoms with Crippen molar-refractivity contribution in [3.05, 3.63) is 41.7 Å². The molecule has 0 aliphatic carbocycles. The monoisotopic (exact) mass is 358 g/mol. The first kappa shape index (κ1) is 19.7. The standard InChI is InChI=1S/C13H15N3O2.H3NO4S/c1-3-11-12(13(17)18-4-2)15-16(14-11)10-8-6-5-7-9-10;1-5-6(2,3)4/h5-9H,3-4H2,1-2H3;1H2,(H,2,3,4). The summed E-state index contributed by atoms with van der Waals surface area (Å²) in [4.78, 5) is 13.2. The van der Waals surface area contributed by atoms with Crippen molar-refractivity contribution in [3.8, 4) is 5.69 Å². The first-order chi connectivity index (χ1) is 11.3. The Kier molecular flexibility index (Phi) is 7.45. The molecule has 1 aromatic carbocycles. The number of carbonyl (C=O) groups is 1. The average molecular weight is 358 g/mol. The summed E-state index contributed by atoms with van der Waals surface area (Å²) in [6.45, 7) is 4.04. The van der Waals surface area contributed by atoms with Crippen LogP contribution in [0.25, 0.3) is 5.69 Å². The zero-order valence-corrected chi connectivity index (χ0v) is 13.9. The van der Waals surface area contributed by atoms with E-state index in [-0.39, 0.29) is 0 Å². The Morgan fingerprint density at radius 2 is 1.83 bits per heavy atom. The van der Waals surface area contributed by atoms with Crippen LogP contribution in [0.4, 0.5) is 0 Å². The van der Waals surface area contributed by atoms with Crippen LogP contribution in [0, 0.1) is 0 Å². The number of hydrogen-bond acceptors (Lipinski definition) is 8. The summed E-state index contributed by atoms with van der Waals surface area (Å²) in [7, 11) is -4.38. The zero-order valence-electron chi connectivity index (χ0n) is 13.1. The SMILES string of the molecule is CCOC(=O)c1nn(-c2ccccc2)nc1CC.NOS(=O)(=O)O. The Balaban J connectivity index is 0.000000413. The van der Waals surface area contributed by atoms with Crippen LogP contribution in [0.5, 0.6) is 0 Å². The largest absolute Gasteiger partial charge is 0.461 e. The molecule has 1 aromatic heterocycles. The van der Waals surface area contributed by atoms with Crippen molar-refractivity contribution in [2.75, 3.05) is 6.61 Å². The predicted molar refractivity (Wildman–Crippen MR) is 83.5 cm³/mol. The molecule has 0 spiro atoms. The van der Waals surface area contributed by atoms with E-state index in [2.05, 4.69) is 20.4 Å². The molecule has 0 saturated heterocycles. The van der Waals surface area contributed by atoms with Crippen LogP contribution < -0.4 is 5.90 Å². The van der Waals surface area contributed by atoms with Gasteiger partial charge >= 0.3 is 16.4 Å². The fourth-order valence-electron chi connectivity index (χ4n) is 1.61. The van der Waals surface area contributed by atoms with Gasteiger partial charge in [0.05, 0.1) is 18.0 Å². The van der Waals surface area contributed by atoms with E-state index in [0.717, 1.165) is 5.69 Å². The molecular weight excluding hydrogens is 340 g/mol. The second-order valence-electron chi connectivity index (χ2n) is 4.22. The molecule has 24 heavy (non-hydrogen) atoms. The molecule has 11 heteroatoms. The zero-order chi connectivity index (χ0) is 18.2. The number of nitrogens with two attached hydrogens (primary N) is 1. The molecule has 0 bridgehead atoms. The smallest absolute Gasteiger partial charge is 0.413 e. The van der Waals surface area contributed by atoms with Crippen LogP contribution >= 0.6 is 0 Å². The van der Waals surface area contributed by atoms with E-state index in [4.69, 9.17) is 9.29 Å². The minimum atomic E-state index is -4.38. The number of para-hydroxylation sites is 1. The predicted octanol–water partition coefficient (Wildman–Crippen LogP) is 0.686. The third-order valence-corrected chi connectivity index (χ3v) is 2.84. The van der Waals surface area contributed by atoms with Gasteiger partial charge in [0.2, 0.25) is 0 Å². The molecule has 0 aliphatic heterocycles. The van der Waals surface area contributed by atoms with Crippen LogP contribution in [0.1, 0.15) is 30.0 Å². The maximum Gasteiger partial charge on any atom is 0.413 e. The van der Waals surface area contributed by atoms with Gasteiger partial charge in [0, 0.05) is 0 Å². The molecule has 0 unspecified atom stereocenters. The number of esters is 1. The lowest BCUT2D eigenvalue weighted by Crippen LogP contribution is -2.08. The molecule has 0 amide bonds. The minimum Gasteiger partial charge on any atom is -0.461 e. The molecule has 2 aromatic rings. The molecule has 3 N–H and O–H groups in total. The summed E-state index contributed by atoms with van der Waals surface area (Å²) in [6, 6.07) is 9.48. The van der Waals surface area contributed by atoms with Crippen LogP contribution in [0.2, 0.25) is 0 Å². The van der Waals surface area contributed by atoms with E-state index in [1.54, 1.807) is 6.92 Å². The molecule has 2 rings (SSSR count). The minimum absolute atomic E-state index is 0.295. The number of aromatic nitrogens is 3. The molecule has 0 saturated carbocycles. The van der Waals surface area contributed by atoms with Gasteiger partial charge in [0.1, 0.15) is 0 Å². The maximum atomic E-state index is 11.7. The fraction of sp³-hybridized carbons (Fsp3) is 0.308. The lowest BCUT2D eigenvalue weighted by Gasteiger charge is -1.98. The van der Waals surface area contributed by atoms with E-state index in [1.165, 1.54) is 4.80 Å². The maximum absolute atomic E-state index is 11.7. The highest BCUT2D eigenvalue weighted by atomic mass is 32.3. The number of ether oxygens (including phenoxy) is 1. The van der Waals surface area contributed by atoms with Gasteiger partial charge in [0.25, 0.3) is 0 Å². The Morgan fingerprint density at radius 1 is 1.25 bits per heavy atom. The number of hydrogen-bond donors (Lipinski definition) is 2. The first-order valence-corrected chi connectivity index (χ1v) is 8.23. The van der Waals surface area contributed by atoms with Gasteiger partial charge in [-0.25, -0.2) is 4.79 Å². The number of carbonyl (C=O) groups excluding carboxylic acids is 1. The van der Waals surface area contributed by atoms with Crippen LogP contribution in [0.3, 0.4) is 0 Å². The fourth-order valence-corrected chi connectivity index (χ4v) is 1.61. The van der Waals surface area contributed by atoms with Gasteiger partial charge in [-0.2, -0.15) is 28.5 Å². The van der Waals surface area contributed by atoms with E-state index >= 15 is 0 Å².